The number of aryl methyl sites for hydroxylation is 1. The molecule has 0 radical (unpaired) electrons. The molecule has 0 saturated carbocycles. The van der Waals surface area contributed by atoms with Crippen LogP contribution >= 0.6 is 23.2 Å². The van der Waals surface area contributed by atoms with Gasteiger partial charge in [-0.3, -0.25) is 13.9 Å². The molecule has 0 aliphatic rings. The lowest BCUT2D eigenvalue weighted by Gasteiger charge is -2.34. The van der Waals surface area contributed by atoms with Crippen molar-refractivity contribution >= 4 is 50.7 Å². The van der Waals surface area contributed by atoms with Gasteiger partial charge in [-0.25, -0.2) is 8.42 Å². The summed E-state index contributed by atoms with van der Waals surface area (Å²) < 4.78 is 29.1. The number of hydrogen-bond donors (Lipinski definition) is 1. The van der Waals surface area contributed by atoms with Crippen LogP contribution in [0.4, 0.5) is 5.69 Å². The van der Waals surface area contributed by atoms with Gasteiger partial charge < -0.3 is 10.2 Å². The summed E-state index contributed by atoms with van der Waals surface area (Å²) in [5.41, 5.74) is 2.59. The molecule has 0 unspecified atom stereocenters. The Labute approximate surface area is 253 Å². The number of hydrogen-bond acceptors (Lipinski definition) is 4. The van der Waals surface area contributed by atoms with E-state index in [0.29, 0.717) is 34.3 Å². The van der Waals surface area contributed by atoms with Crippen molar-refractivity contribution < 1.29 is 18.0 Å². The molecule has 0 aromatic heterocycles. The van der Waals surface area contributed by atoms with Crippen LogP contribution in [0.15, 0.2) is 71.6 Å². The van der Waals surface area contributed by atoms with Gasteiger partial charge in [0.2, 0.25) is 11.8 Å². The lowest BCUT2D eigenvalue weighted by atomic mass is 10.1. The lowest BCUT2D eigenvalue weighted by Crippen LogP contribution is -2.52. The molecule has 41 heavy (non-hydrogen) atoms. The molecule has 0 fully saturated rings. The highest BCUT2D eigenvalue weighted by Gasteiger charge is 2.34. The van der Waals surface area contributed by atoms with Crippen LogP contribution in [0, 0.1) is 19.8 Å². The molecule has 0 spiro atoms. The first kappa shape index (κ1) is 32.4. The van der Waals surface area contributed by atoms with Crippen molar-refractivity contribution in [3.05, 3.63) is 93.5 Å². The first-order chi connectivity index (χ1) is 19.4. The van der Waals surface area contributed by atoms with Gasteiger partial charge in [-0.1, -0.05) is 80.4 Å². The molecule has 3 aromatic carbocycles. The summed E-state index contributed by atoms with van der Waals surface area (Å²) in [7, 11) is -4.14. The number of nitrogens with zero attached hydrogens (tertiary/aromatic N) is 2. The molecule has 1 atom stereocenters. The van der Waals surface area contributed by atoms with Crippen LogP contribution in [0.3, 0.4) is 0 Å². The largest absolute Gasteiger partial charge is 0.354 e. The highest BCUT2D eigenvalue weighted by Crippen LogP contribution is 2.30. The molecular weight excluding hydrogens is 581 g/mol. The molecule has 7 nitrogen and oxygen atoms in total. The molecule has 3 aromatic rings. The summed E-state index contributed by atoms with van der Waals surface area (Å²) in [6.45, 7) is 9.40. The van der Waals surface area contributed by atoms with Crippen molar-refractivity contribution in [3.63, 3.8) is 0 Å². The Morgan fingerprint density at radius 3 is 2.24 bits per heavy atom. The van der Waals surface area contributed by atoms with E-state index in [1.165, 1.54) is 17.0 Å². The van der Waals surface area contributed by atoms with Crippen molar-refractivity contribution in [1.29, 1.82) is 0 Å². The van der Waals surface area contributed by atoms with Crippen LogP contribution in [0.25, 0.3) is 0 Å². The monoisotopic (exact) mass is 617 g/mol. The minimum atomic E-state index is -4.14. The quantitative estimate of drug-likeness (QED) is 0.255. The van der Waals surface area contributed by atoms with Gasteiger partial charge in [-0.2, -0.15) is 0 Å². The lowest BCUT2D eigenvalue weighted by molar-refractivity contribution is -0.140. The van der Waals surface area contributed by atoms with Crippen molar-refractivity contribution in [2.24, 2.45) is 5.92 Å². The second-order valence-electron chi connectivity index (χ2n) is 10.4. The minimum Gasteiger partial charge on any atom is -0.354 e. The Kier molecular flexibility index (Phi) is 11.2. The van der Waals surface area contributed by atoms with Crippen LogP contribution in [-0.4, -0.2) is 44.3 Å². The zero-order valence-corrected chi connectivity index (χ0v) is 26.4. The fraction of sp³-hybridized carbons (Fsp3) is 0.355. The number of nitrogens with one attached hydrogen (secondary N) is 1. The highest BCUT2D eigenvalue weighted by molar-refractivity contribution is 7.92. The molecule has 10 heteroatoms. The fourth-order valence-electron chi connectivity index (χ4n) is 4.41. The molecule has 3 rings (SSSR count). The van der Waals surface area contributed by atoms with Gasteiger partial charge in [-0.15, -0.1) is 0 Å². The van der Waals surface area contributed by atoms with Crippen LogP contribution in [0.1, 0.15) is 43.9 Å². The summed E-state index contributed by atoms with van der Waals surface area (Å²) in [5.74, 6) is -0.645. The van der Waals surface area contributed by atoms with Crippen LogP contribution in [-0.2, 0) is 26.2 Å². The molecule has 0 heterocycles. The van der Waals surface area contributed by atoms with Gasteiger partial charge >= 0.3 is 0 Å². The first-order valence-electron chi connectivity index (χ1n) is 13.5. The van der Waals surface area contributed by atoms with E-state index in [1.807, 2.05) is 40.7 Å². The van der Waals surface area contributed by atoms with Gasteiger partial charge in [0.25, 0.3) is 10.0 Å². The maximum atomic E-state index is 14.2. The smallest absolute Gasteiger partial charge is 0.264 e. The summed E-state index contributed by atoms with van der Waals surface area (Å²) in [4.78, 5) is 29.0. The second kappa shape index (κ2) is 14.2. The number of amides is 2. The number of halogens is 2. The third-order valence-electron chi connectivity index (χ3n) is 6.88. The Balaban J connectivity index is 2.10. The fourth-order valence-corrected chi connectivity index (χ4v) is 6.38. The van der Waals surface area contributed by atoms with E-state index in [9.17, 15) is 18.0 Å². The summed E-state index contributed by atoms with van der Waals surface area (Å²) in [6.07, 6.45) is 0.315. The van der Waals surface area contributed by atoms with E-state index in [-0.39, 0.29) is 23.3 Å². The van der Waals surface area contributed by atoms with Crippen molar-refractivity contribution in [1.82, 2.24) is 10.2 Å². The standard InChI is InChI=1S/C31H37Cl2N3O4S/c1-6-28(31(38)34-18-21(2)3)35(19-24-15-16-25(32)17-27(24)33)30(37)20-36(29-14-10-11-22(4)23(29)5)41(39,40)26-12-8-7-9-13-26/h7-17,21,28H,6,18-20H2,1-5H3,(H,34,38)/t28-/m1/s1. The summed E-state index contributed by atoms with van der Waals surface area (Å²) in [6, 6.07) is 17.4. The first-order valence-corrected chi connectivity index (χ1v) is 15.7. The highest BCUT2D eigenvalue weighted by atomic mass is 35.5. The number of carbonyl (C=O) groups is 2. The van der Waals surface area contributed by atoms with E-state index in [2.05, 4.69) is 5.32 Å². The SMILES string of the molecule is CC[C@H](C(=O)NCC(C)C)N(Cc1ccc(Cl)cc1Cl)C(=O)CN(c1cccc(C)c1C)S(=O)(=O)c1ccccc1. The third-order valence-corrected chi connectivity index (χ3v) is 9.24. The minimum absolute atomic E-state index is 0.00549. The molecular formula is C31H37Cl2N3O4S. The zero-order chi connectivity index (χ0) is 30.3. The number of carbonyl (C=O) groups excluding carboxylic acids is 2. The van der Waals surface area contributed by atoms with Gasteiger partial charge in [0.1, 0.15) is 12.6 Å². The molecule has 1 N–H and O–H groups in total. The van der Waals surface area contributed by atoms with E-state index in [0.717, 1.165) is 15.4 Å². The van der Waals surface area contributed by atoms with Crippen LogP contribution in [0.2, 0.25) is 10.0 Å². The van der Waals surface area contributed by atoms with Gasteiger partial charge in [0.05, 0.1) is 10.6 Å². The number of sulfonamides is 1. The molecule has 0 aliphatic heterocycles. The maximum Gasteiger partial charge on any atom is 0.264 e. The van der Waals surface area contributed by atoms with Gasteiger partial charge in [0, 0.05) is 23.1 Å². The predicted molar refractivity (Wildman–Crippen MR) is 166 cm³/mol. The maximum absolute atomic E-state index is 14.2. The summed E-state index contributed by atoms with van der Waals surface area (Å²) >= 11 is 12.6. The molecule has 0 bridgehead atoms. The van der Waals surface area contributed by atoms with Crippen molar-refractivity contribution in [3.8, 4) is 0 Å². The number of rotatable bonds is 12. The van der Waals surface area contributed by atoms with Gasteiger partial charge in [0.15, 0.2) is 0 Å². The Morgan fingerprint density at radius 2 is 1.63 bits per heavy atom. The molecule has 0 saturated heterocycles. The van der Waals surface area contributed by atoms with Crippen LogP contribution < -0.4 is 9.62 Å². The second-order valence-corrected chi connectivity index (χ2v) is 13.1. The third kappa shape index (κ3) is 8.03. The average Bonchev–Trinajstić information content (AvgIpc) is 2.93. The van der Waals surface area contributed by atoms with E-state index < -0.39 is 28.5 Å². The Hall–Kier alpha value is -3.07. The predicted octanol–water partition coefficient (Wildman–Crippen LogP) is 6.39. The normalized spacial score (nSPS) is 12.2. The molecule has 2 amide bonds. The van der Waals surface area contributed by atoms with Crippen LogP contribution in [0.5, 0.6) is 0 Å². The number of anilines is 1. The Morgan fingerprint density at radius 1 is 0.951 bits per heavy atom. The summed E-state index contributed by atoms with van der Waals surface area (Å²) in [5, 5.41) is 3.70. The molecule has 220 valence electrons. The van der Waals surface area contributed by atoms with E-state index in [1.54, 1.807) is 48.5 Å². The topological polar surface area (TPSA) is 86.8 Å². The van der Waals surface area contributed by atoms with Gasteiger partial charge in [-0.05, 0) is 73.2 Å². The average molecular weight is 619 g/mol. The zero-order valence-electron chi connectivity index (χ0n) is 24.0. The van der Waals surface area contributed by atoms with Crippen molar-refractivity contribution in [2.45, 2.75) is 58.5 Å². The van der Waals surface area contributed by atoms with E-state index in [4.69, 9.17) is 23.2 Å². The number of benzene rings is 3. The van der Waals surface area contributed by atoms with Crippen molar-refractivity contribution in [2.75, 3.05) is 17.4 Å². The molecule has 0 aliphatic carbocycles. The van der Waals surface area contributed by atoms with E-state index >= 15 is 0 Å². The Bertz CT molecular complexity index is 1480.